The highest BCUT2D eigenvalue weighted by atomic mass is 15.1. The van der Waals surface area contributed by atoms with E-state index in [9.17, 15) is 0 Å². The highest BCUT2D eigenvalue weighted by Crippen LogP contribution is 2.43. The van der Waals surface area contributed by atoms with Crippen LogP contribution >= 0.6 is 0 Å². The number of hydrogen-bond donors (Lipinski definition) is 0. The van der Waals surface area contributed by atoms with Gasteiger partial charge in [-0.25, -0.2) is 0 Å². The molecule has 7 aromatic rings. The van der Waals surface area contributed by atoms with E-state index in [0.29, 0.717) is 0 Å². The summed E-state index contributed by atoms with van der Waals surface area (Å²) in [7, 11) is 0. The largest absolute Gasteiger partial charge is 0.310 e. The third-order valence-electron chi connectivity index (χ3n) is 7.42. The summed E-state index contributed by atoms with van der Waals surface area (Å²) >= 11 is 0. The lowest BCUT2D eigenvalue weighted by molar-refractivity contribution is 1.30. The molecular weight excluding hydrogens is 470 g/mol. The summed E-state index contributed by atoms with van der Waals surface area (Å²) in [6, 6.07) is 54.2. The third-order valence-corrected chi connectivity index (χ3v) is 7.42. The fourth-order valence-electron chi connectivity index (χ4n) is 5.52. The molecule has 0 spiro atoms. The van der Waals surface area contributed by atoms with Crippen molar-refractivity contribution in [2.24, 2.45) is 0 Å². The summed E-state index contributed by atoms with van der Waals surface area (Å²) in [4.78, 5) is 2.38. The summed E-state index contributed by atoms with van der Waals surface area (Å²) in [6.07, 6.45) is 4.33. The highest BCUT2D eigenvalue weighted by molar-refractivity contribution is 6.21. The van der Waals surface area contributed by atoms with Crippen LogP contribution in [0.3, 0.4) is 0 Å². The summed E-state index contributed by atoms with van der Waals surface area (Å²) in [5, 5.41) is 7.58. The summed E-state index contributed by atoms with van der Waals surface area (Å²) in [5.74, 6) is 0. The van der Waals surface area contributed by atoms with Crippen LogP contribution in [-0.4, -0.2) is 0 Å². The van der Waals surface area contributed by atoms with Crippen molar-refractivity contribution >= 4 is 61.5 Å². The van der Waals surface area contributed by atoms with Gasteiger partial charge in [-0.2, -0.15) is 0 Å². The van der Waals surface area contributed by atoms with E-state index in [-0.39, 0.29) is 0 Å². The van der Waals surface area contributed by atoms with Crippen LogP contribution in [0.2, 0.25) is 0 Å². The van der Waals surface area contributed by atoms with E-state index in [1.54, 1.807) is 0 Å². The van der Waals surface area contributed by atoms with Crippen LogP contribution in [0.4, 0.5) is 17.1 Å². The van der Waals surface area contributed by atoms with Crippen molar-refractivity contribution in [1.82, 2.24) is 0 Å². The molecule has 0 radical (unpaired) electrons. The molecule has 1 nitrogen and oxygen atoms in total. The Labute approximate surface area is 228 Å². The fourth-order valence-corrected chi connectivity index (χ4v) is 5.52. The molecular formula is C38H27N. The lowest BCUT2D eigenvalue weighted by Gasteiger charge is -2.28. The molecule has 0 aliphatic rings. The molecule has 39 heavy (non-hydrogen) atoms. The molecule has 0 amide bonds. The van der Waals surface area contributed by atoms with E-state index in [1.807, 2.05) is 6.07 Å². The third kappa shape index (κ3) is 4.35. The second-order valence-corrected chi connectivity index (χ2v) is 9.83. The lowest BCUT2D eigenvalue weighted by atomic mass is 9.95. The molecule has 0 saturated heterocycles. The second kappa shape index (κ2) is 9.96. The van der Waals surface area contributed by atoms with Crippen LogP contribution in [0.5, 0.6) is 0 Å². The normalized spacial score (nSPS) is 11.5. The average molecular weight is 498 g/mol. The SMILES string of the molecule is C(=C\c1ccc(N(c2ccccc2)c2cc3c4ccccc4ccc3c3ccccc23)cc1)/c1ccccc1. The van der Waals surface area contributed by atoms with Crippen molar-refractivity contribution in [3.8, 4) is 0 Å². The van der Waals surface area contributed by atoms with Gasteiger partial charge in [-0.05, 0) is 68.4 Å². The molecule has 7 rings (SSSR count). The average Bonchev–Trinajstić information content (AvgIpc) is 3.02. The zero-order valence-electron chi connectivity index (χ0n) is 21.5. The van der Waals surface area contributed by atoms with E-state index in [0.717, 1.165) is 11.4 Å². The van der Waals surface area contributed by atoms with Gasteiger partial charge in [0.05, 0.1) is 5.69 Å². The number of benzene rings is 7. The van der Waals surface area contributed by atoms with Crippen LogP contribution < -0.4 is 4.90 Å². The van der Waals surface area contributed by atoms with E-state index >= 15 is 0 Å². The van der Waals surface area contributed by atoms with E-state index < -0.39 is 0 Å². The Balaban J connectivity index is 1.43. The molecule has 0 atom stereocenters. The smallest absolute Gasteiger partial charge is 0.0546 e. The van der Waals surface area contributed by atoms with Gasteiger partial charge in [-0.15, -0.1) is 0 Å². The van der Waals surface area contributed by atoms with Crippen molar-refractivity contribution < 1.29 is 0 Å². The number of fused-ring (bicyclic) bond motifs is 5. The zero-order chi connectivity index (χ0) is 26.0. The summed E-state index contributed by atoms with van der Waals surface area (Å²) < 4.78 is 0. The number of nitrogens with zero attached hydrogens (tertiary/aromatic N) is 1. The van der Waals surface area contributed by atoms with Gasteiger partial charge in [0.25, 0.3) is 0 Å². The van der Waals surface area contributed by atoms with E-state index in [1.165, 1.54) is 49.1 Å². The van der Waals surface area contributed by atoms with Gasteiger partial charge in [0.15, 0.2) is 0 Å². The van der Waals surface area contributed by atoms with Gasteiger partial charge >= 0.3 is 0 Å². The highest BCUT2D eigenvalue weighted by Gasteiger charge is 2.17. The Bertz CT molecular complexity index is 1940. The molecule has 0 aromatic heterocycles. The number of hydrogen-bond acceptors (Lipinski definition) is 1. The molecule has 0 fully saturated rings. The number of rotatable bonds is 5. The predicted octanol–water partition coefficient (Wildman–Crippen LogP) is 10.8. The maximum atomic E-state index is 2.38. The van der Waals surface area contributed by atoms with Crippen molar-refractivity contribution in [3.63, 3.8) is 0 Å². The number of para-hydroxylation sites is 1. The Morgan fingerprint density at radius 1 is 0.359 bits per heavy atom. The first-order valence-corrected chi connectivity index (χ1v) is 13.4. The minimum atomic E-state index is 1.13. The van der Waals surface area contributed by atoms with Gasteiger partial charge in [-0.3, -0.25) is 0 Å². The first kappa shape index (κ1) is 23.0. The molecule has 1 heteroatoms. The van der Waals surface area contributed by atoms with Crippen molar-refractivity contribution in [2.75, 3.05) is 4.90 Å². The molecule has 0 heterocycles. The van der Waals surface area contributed by atoms with Crippen molar-refractivity contribution in [3.05, 3.63) is 163 Å². The van der Waals surface area contributed by atoms with Crippen LogP contribution in [0.1, 0.15) is 11.1 Å². The molecule has 184 valence electrons. The Morgan fingerprint density at radius 3 is 1.64 bits per heavy atom. The van der Waals surface area contributed by atoms with E-state index in [4.69, 9.17) is 0 Å². The predicted molar refractivity (Wildman–Crippen MR) is 169 cm³/mol. The van der Waals surface area contributed by atoms with Crippen LogP contribution in [0, 0.1) is 0 Å². The van der Waals surface area contributed by atoms with Gasteiger partial charge in [0, 0.05) is 16.8 Å². The lowest BCUT2D eigenvalue weighted by Crippen LogP contribution is -2.10. The first-order valence-electron chi connectivity index (χ1n) is 13.4. The van der Waals surface area contributed by atoms with E-state index in [2.05, 4.69) is 163 Å². The quantitative estimate of drug-likeness (QED) is 0.169. The minimum Gasteiger partial charge on any atom is -0.310 e. The first-order chi connectivity index (χ1) is 19.3. The van der Waals surface area contributed by atoms with Crippen LogP contribution in [0.15, 0.2) is 152 Å². The molecule has 0 saturated carbocycles. The maximum Gasteiger partial charge on any atom is 0.0546 e. The van der Waals surface area contributed by atoms with Gasteiger partial charge in [0.1, 0.15) is 0 Å². The Hall–Kier alpha value is -5.14. The van der Waals surface area contributed by atoms with Gasteiger partial charge < -0.3 is 4.90 Å². The van der Waals surface area contributed by atoms with Crippen LogP contribution in [-0.2, 0) is 0 Å². The molecule has 0 aliphatic heterocycles. The molecule has 0 aliphatic carbocycles. The maximum absolute atomic E-state index is 2.38. The fraction of sp³-hybridized carbons (Fsp3) is 0. The van der Waals surface area contributed by atoms with Gasteiger partial charge in [-0.1, -0.05) is 133 Å². The monoisotopic (exact) mass is 497 g/mol. The van der Waals surface area contributed by atoms with Gasteiger partial charge in [0.2, 0.25) is 0 Å². The topological polar surface area (TPSA) is 3.24 Å². The standard InChI is InChI=1S/C38H27N/c1-3-11-28(12-4-1)19-20-29-21-24-32(25-22-29)39(31-14-5-2-6-15-31)38-27-37-33-16-8-7-13-30(33)23-26-35(37)34-17-9-10-18-36(34)38/h1-27H/b20-19+. The second-order valence-electron chi connectivity index (χ2n) is 9.83. The molecule has 7 aromatic carbocycles. The van der Waals surface area contributed by atoms with Crippen molar-refractivity contribution in [2.45, 2.75) is 0 Å². The number of anilines is 3. The molecule has 0 bridgehead atoms. The molecule has 0 unspecified atom stereocenters. The Morgan fingerprint density at radius 2 is 0.897 bits per heavy atom. The Kier molecular flexibility index (Phi) is 5.88. The van der Waals surface area contributed by atoms with Crippen molar-refractivity contribution in [1.29, 1.82) is 0 Å². The summed E-state index contributed by atoms with van der Waals surface area (Å²) in [6.45, 7) is 0. The molecule has 0 N–H and O–H groups in total. The minimum absolute atomic E-state index is 1.13. The zero-order valence-corrected chi connectivity index (χ0v) is 21.5. The summed E-state index contributed by atoms with van der Waals surface area (Å²) in [5.41, 5.74) is 5.80. The van der Waals surface area contributed by atoms with Crippen LogP contribution in [0.25, 0.3) is 44.5 Å².